The molecule has 0 heterocycles. The molecule has 30 heavy (non-hydrogen) atoms. The quantitative estimate of drug-likeness (QED) is 0.483. The molecule has 0 saturated heterocycles. The molecule has 0 bridgehead atoms. The topological polar surface area (TPSA) is 81.6 Å². The molecule has 0 spiro atoms. The Morgan fingerprint density at radius 2 is 1.97 bits per heavy atom. The van der Waals surface area contributed by atoms with E-state index in [1.54, 1.807) is 0 Å². The molecule has 0 amide bonds. The highest BCUT2D eigenvalue weighted by Gasteiger charge is 2.27. The Balaban J connectivity index is 2.35. The molecule has 0 saturated carbocycles. The standard InChI is InChI=1S/C21H24ClF2NO4S/c1-5-17(25-30(28)11-21(2,3)4)15-6-7-16(22)19(18(15)24)29-14-9-12(20(26)27)8-13(23)10-14/h6-10,17,25H,5,11H2,1-4H3,(H,26,27)/t17-,30?/m0/s1. The molecule has 0 aromatic heterocycles. The summed E-state index contributed by atoms with van der Waals surface area (Å²) in [5.74, 6) is -3.18. The van der Waals surface area contributed by atoms with Crippen LogP contribution < -0.4 is 9.46 Å². The summed E-state index contributed by atoms with van der Waals surface area (Å²) >= 11 is 4.68. The Labute approximate surface area is 182 Å². The van der Waals surface area contributed by atoms with Gasteiger partial charge in [0, 0.05) is 28.4 Å². The second-order valence-corrected chi connectivity index (χ2v) is 9.61. The summed E-state index contributed by atoms with van der Waals surface area (Å²) in [6, 6.07) is 5.14. The van der Waals surface area contributed by atoms with Crippen LogP contribution in [0.25, 0.3) is 0 Å². The van der Waals surface area contributed by atoms with Gasteiger partial charge in [-0.15, -0.1) is 4.72 Å². The SMILES string of the molecule is CC[C@H](N[S+]([O-])CC(C)(C)C)c1ccc(Cl)c(Oc2cc(F)cc(C(=O)O)c2)c1F. The second kappa shape index (κ2) is 9.96. The molecule has 2 atom stereocenters. The van der Waals surface area contributed by atoms with Crippen molar-refractivity contribution in [2.75, 3.05) is 5.75 Å². The van der Waals surface area contributed by atoms with Crippen molar-refractivity contribution in [1.29, 1.82) is 0 Å². The first-order valence-electron chi connectivity index (χ1n) is 9.25. The number of hydrogen-bond donors (Lipinski definition) is 2. The Kier molecular flexibility index (Phi) is 8.10. The largest absolute Gasteiger partial charge is 0.598 e. The minimum absolute atomic E-state index is 0.0666. The van der Waals surface area contributed by atoms with E-state index in [4.69, 9.17) is 21.4 Å². The molecule has 5 nitrogen and oxygen atoms in total. The molecule has 0 aliphatic carbocycles. The van der Waals surface area contributed by atoms with Crippen LogP contribution in [0.15, 0.2) is 30.3 Å². The second-order valence-electron chi connectivity index (χ2n) is 7.99. The fourth-order valence-corrected chi connectivity index (χ4v) is 4.40. The van der Waals surface area contributed by atoms with E-state index in [2.05, 4.69) is 4.72 Å². The summed E-state index contributed by atoms with van der Waals surface area (Å²) in [5.41, 5.74) is -0.334. The predicted octanol–water partition coefficient (Wildman–Crippen LogP) is 5.86. The van der Waals surface area contributed by atoms with Crippen molar-refractivity contribution in [3.8, 4) is 11.5 Å². The van der Waals surface area contributed by atoms with Crippen molar-refractivity contribution >= 4 is 28.9 Å². The maximum absolute atomic E-state index is 15.2. The Bertz CT molecular complexity index is 921. The summed E-state index contributed by atoms with van der Waals surface area (Å²) in [5, 5.41) is 9.00. The fourth-order valence-electron chi connectivity index (χ4n) is 2.73. The van der Waals surface area contributed by atoms with Gasteiger partial charge >= 0.3 is 5.97 Å². The summed E-state index contributed by atoms with van der Waals surface area (Å²) in [6.07, 6.45) is 0.441. The Morgan fingerprint density at radius 3 is 2.53 bits per heavy atom. The van der Waals surface area contributed by atoms with E-state index in [-0.39, 0.29) is 33.1 Å². The van der Waals surface area contributed by atoms with Crippen molar-refractivity contribution < 1.29 is 28.0 Å². The van der Waals surface area contributed by atoms with Crippen molar-refractivity contribution in [2.24, 2.45) is 5.41 Å². The third-order valence-electron chi connectivity index (χ3n) is 4.04. The monoisotopic (exact) mass is 459 g/mol. The minimum Gasteiger partial charge on any atom is -0.598 e. The predicted molar refractivity (Wildman–Crippen MR) is 113 cm³/mol. The van der Waals surface area contributed by atoms with E-state index >= 15 is 4.39 Å². The minimum atomic E-state index is -1.39. The van der Waals surface area contributed by atoms with E-state index < -0.39 is 35.0 Å². The number of carboxylic acids is 1. The van der Waals surface area contributed by atoms with Crippen LogP contribution in [0.4, 0.5) is 8.78 Å². The van der Waals surface area contributed by atoms with Crippen molar-refractivity contribution in [3.63, 3.8) is 0 Å². The molecule has 164 valence electrons. The lowest BCUT2D eigenvalue weighted by Crippen LogP contribution is -2.35. The van der Waals surface area contributed by atoms with Gasteiger partial charge in [-0.1, -0.05) is 45.4 Å². The average molecular weight is 460 g/mol. The van der Waals surface area contributed by atoms with E-state index in [0.717, 1.165) is 18.2 Å². The first-order valence-corrected chi connectivity index (χ1v) is 10.9. The Hall–Kier alpha value is -1.87. The molecule has 0 fully saturated rings. The third kappa shape index (κ3) is 6.57. The maximum atomic E-state index is 15.2. The molecule has 1 unspecified atom stereocenters. The average Bonchev–Trinajstić information content (AvgIpc) is 2.61. The number of nitrogens with one attached hydrogen (secondary N) is 1. The first kappa shape index (κ1) is 24.4. The van der Waals surface area contributed by atoms with Crippen LogP contribution in [0.1, 0.15) is 56.1 Å². The van der Waals surface area contributed by atoms with Gasteiger partial charge in [-0.25, -0.2) is 13.6 Å². The number of benzene rings is 2. The van der Waals surface area contributed by atoms with E-state index in [1.165, 1.54) is 12.1 Å². The molecule has 0 aliphatic rings. The van der Waals surface area contributed by atoms with Gasteiger partial charge in [-0.05, 0) is 24.6 Å². The van der Waals surface area contributed by atoms with E-state index in [9.17, 15) is 13.7 Å². The van der Waals surface area contributed by atoms with Crippen LogP contribution in [0.3, 0.4) is 0 Å². The molecule has 0 radical (unpaired) electrons. The summed E-state index contributed by atoms with van der Waals surface area (Å²) in [4.78, 5) is 11.1. The molecular weight excluding hydrogens is 436 g/mol. The van der Waals surface area contributed by atoms with Crippen LogP contribution in [-0.2, 0) is 11.4 Å². The van der Waals surface area contributed by atoms with Crippen molar-refractivity contribution in [1.82, 2.24) is 4.72 Å². The zero-order valence-corrected chi connectivity index (χ0v) is 18.7. The molecule has 2 aromatic carbocycles. The number of ether oxygens (including phenoxy) is 1. The molecular formula is C21H24ClF2NO4S. The summed E-state index contributed by atoms with van der Waals surface area (Å²) < 4.78 is 49.7. The smallest absolute Gasteiger partial charge is 0.335 e. The fraction of sp³-hybridized carbons (Fsp3) is 0.381. The molecule has 2 N–H and O–H groups in total. The van der Waals surface area contributed by atoms with Gasteiger partial charge in [0.15, 0.2) is 11.6 Å². The highest BCUT2D eigenvalue weighted by Crippen LogP contribution is 2.37. The zero-order chi connectivity index (χ0) is 22.6. The number of carbonyl (C=O) groups is 1. The first-order chi connectivity index (χ1) is 13.9. The van der Waals surface area contributed by atoms with Crippen LogP contribution in [0.5, 0.6) is 11.5 Å². The van der Waals surface area contributed by atoms with Crippen molar-refractivity contribution in [2.45, 2.75) is 40.2 Å². The lowest BCUT2D eigenvalue weighted by atomic mass is 10.0. The number of rotatable bonds is 8. The van der Waals surface area contributed by atoms with Gasteiger partial charge in [0.25, 0.3) is 0 Å². The zero-order valence-electron chi connectivity index (χ0n) is 17.1. The number of halogens is 3. The number of carboxylic acid groups (broad SMARTS) is 1. The number of hydrogen-bond acceptors (Lipinski definition) is 4. The summed E-state index contributed by atoms with van der Waals surface area (Å²) in [7, 11) is 0. The lowest BCUT2D eigenvalue weighted by molar-refractivity contribution is 0.0696. The Morgan fingerprint density at radius 1 is 1.30 bits per heavy atom. The maximum Gasteiger partial charge on any atom is 0.335 e. The van der Waals surface area contributed by atoms with Gasteiger partial charge in [0.05, 0.1) is 16.6 Å². The van der Waals surface area contributed by atoms with E-state index in [0.29, 0.717) is 12.2 Å². The van der Waals surface area contributed by atoms with Crippen LogP contribution in [-0.4, -0.2) is 21.4 Å². The normalized spacial score (nSPS) is 13.7. The van der Waals surface area contributed by atoms with Gasteiger partial charge in [0.1, 0.15) is 17.3 Å². The van der Waals surface area contributed by atoms with Gasteiger partial charge in [-0.2, -0.15) is 0 Å². The molecule has 9 heteroatoms. The highest BCUT2D eigenvalue weighted by molar-refractivity contribution is 7.89. The third-order valence-corrected chi connectivity index (χ3v) is 6.01. The molecule has 0 aliphatic heterocycles. The molecule has 2 aromatic rings. The van der Waals surface area contributed by atoms with Crippen molar-refractivity contribution in [3.05, 3.63) is 58.1 Å². The van der Waals surface area contributed by atoms with Crippen LogP contribution in [0, 0.1) is 17.0 Å². The highest BCUT2D eigenvalue weighted by atomic mass is 35.5. The van der Waals surface area contributed by atoms with Crippen LogP contribution in [0.2, 0.25) is 5.02 Å². The summed E-state index contributed by atoms with van der Waals surface area (Å²) in [6.45, 7) is 7.67. The van der Waals surface area contributed by atoms with Gasteiger partial charge in [0.2, 0.25) is 0 Å². The van der Waals surface area contributed by atoms with Gasteiger partial charge < -0.3 is 14.4 Å². The van der Waals surface area contributed by atoms with E-state index in [1.807, 2.05) is 27.7 Å². The van der Waals surface area contributed by atoms with Gasteiger partial charge in [-0.3, -0.25) is 0 Å². The lowest BCUT2D eigenvalue weighted by Gasteiger charge is -2.25. The molecule has 2 rings (SSSR count). The van der Waals surface area contributed by atoms with Crippen LogP contribution >= 0.6 is 11.6 Å². The number of aromatic carboxylic acids is 1.